The molecule has 16 nitrogen and oxygen atoms in total. The highest BCUT2D eigenvalue weighted by atomic mass is 31.2. The van der Waals surface area contributed by atoms with Gasteiger partial charge >= 0.3 is 11.9 Å². The Labute approximate surface area is 357 Å². The summed E-state index contributed by atoms with van der Waals surface area (Å²) in [6.07, 6.45) is -2.41. The molecule has 3 aliphatic heterocycles. The number of benzene rings is 3. The molecule has 1 unspecified atom stereocenters. The van der Waals surface area contributed by atoms with Crippen molar-refractivity contribution in [3.63, 3.8) is 0 Å². The van der Waals surface area contributed by atoms with E-state index in [-0.39, 0.29) is 55.6 Å². The number of amides is 4. The van der Waals surface area contributed by atoms with Crippen molar-refractivity contribution in [1.29, 1.82) is 5.26 Å². The number of amidine groups is 1. The molecular formula is C44H52N7O9P. The fraction of sp³-hybridized carbons (Fsp3) is 0.432. The van der Waals surface area contributed by atoms with Gasteiger partial charge in [0, 0.05) is 24.4 Å². The summed E-state index contributed by atoms with van der Waals surface area (Å²) in [5.41, 5.74) is 0.929. The number of fused-ring (bicyclic) bond motifs is 1. The van der Waals surface area contributed by atoms with Crippen molar-refractivity contribution >= 4 is 43.9 Å². The fourth-order valence-electron chi connectivity index (χ4n) is 7.31. The number of carbonyl (C=O) groups excluding carboxylic acids is 3. The second-order valence-electron chi connectivity index (χ2n) is 15.3. The minimum atomic E-state index is -1.79. The van der Waals surface area contributed by atoms with Gasteiger partial charge in [-0.1, -0.05) is 68.4 Å². The van der Waals surface area contributed by atoms with Gasteiger partial charge in [-0.3, -0.25) is 14.9 Å². The number of guanidine groups is 1. The number of ether oxygens (including phenoxy) is 4. The van der Waals surface area contributed by atoms with Crippen LogP contribution in [0.1, 0.15) is 71.1 Å². The Morgan fingerprint density at radius 3 is 2.03 bits per heavy atom. The maximum atomic E-state index is 13.7. The van der Waals surface area contributed by atoms with Gasteiger partial charge in [-0.25, -0.2) is 14.4 Å². The first-order valence-corrected chi connectivity index (χ1v) is 21.3. The number of aliphatic imine (C=N–C) groups is 3. The van der Waals surface area contributed by atoms with Gasteiger partial charge in [0.1, 0.15) is 29.4 Å². The third-order valence-electron chi connectivity index (χ3n) is 10.2. The van der Waals surface area contributed by atoms with Crippen LogP contribution >= 0.6 is 8.53 Å². The van der Waals surface area contributed by atoms with Crippen LogP contribution in [0, 0.1) is 17.2 Å². The summed E-state index contributed by atoms with van der Waals surface area (Å²) < 4.78 is 40.5. The van der Waals surface area contributed by atoms with E-state index in [2.05, 4.69) is 31.0 Å². The summed E-state index contributed by atoms with van der Waals surface area (Å²) in [6, 6.07) is 26.4. The average Bonchev–Trinajstić information content (AvgIpc) is 3.80. The van der Waals surface area contributed by atoms with E-state index >= 15 is 0 Å². The van der Waals surface area contributed by atoms with Crippen LogP contribution in [-0.2, 0) is 33.7 Å². The first kappa shape index (κ1) is 45.1. The highest BCUT2D eigenvalue weighted by molar-refractivity contribution is 7.44. The van der Waals surface area contributed by atoms with Crippen LogP contribution < -0.4 is 14.8 Å². The maximum absolute atomic E-state index is 13.7. The lowest BCUT2D eigenvalue weighted by Gasteiger charge is -2.39. The molecular weight excluding hydrogens is 801 g/mol. The number of nitriles is 1. The standard InChI is InChI=1S/C44H52N7O9P/c1-27(2)40(52)48-42-47-39-38(41(53)49-42)46-43(54)50(39)37-25-35(60-61(58-24-12-23-45)51(28(3)4)29(5)6)36(59-37)26-57-44(30-13-10-9-11-14-30,31-15-19-33(55-7)20-16-31)32-17-21-34(56-8)22-18-32/h9-11,13-22,27-29,35-37H,12,24-26H2,1-8H3,(H,48,49,52,53)/t35-,36+,37+,61?/m0/s1. The molecule has 1 fully saturated rings. The van der Waals surface area contributed by atoms with E-state index in [1.807, 2.05) is 107 Å². The van der Waals surface area contributed by atoms with Crippen molar-refractivity contribution in [3.05, 3.63) is 95.6 Å². The number of urea groups is 1. The molecule has 1 saturated heterocycles. The Kier molecular flexibility index (Phi) is 14.8. The molecule has 61 heavy (non-hydrogen) atoms. The van der Waals surface area contributed by atoms with Crippen LogP contribution in [0.3, 0.4) is 0 Å². The van der Waals surface area contributed by atoms with Gasteiger partial charge in [0.05, 0.1) is 46.0 Å². The molecule has 322 valence electrons. The SMILES string of the molecule is COc1ccc(C(OC[C@H]2O[C@@H](N3C(=O)N=C4C(=O)N=C(NC(=O)C(C)C)N=C43)C[C@@H]2OP(OCCC#N)N(C(C)C)C(C)C)(c2ccccc2)c2ccc(OC)cc2)cc1. The van der Waals surface area contributed by atoms with E-state index in [4.69, 9.17) is 28.0 Å². The van der Waals surface area contributed by atoms with Gasteiger partial charge in [-0.05, 0) is 68.7 Å². The fourth-order valence-corrected chi connectivity index (χ4v) is 9.07. The Hall–Kier alpha value is -5.40. The molecule has 3 aliphatic rings. The molecule has 0 saturated carbocycles. The van der Waals surface area contributed by atoms with Gasteiger partial charge in [0.25, 0.3) is 8.53 Å². The van der Waals surface area contributed by atoms with Crippen molar-refractivity contribution < 1.29 is 42.4 Å². The van der Waals surface area contributed by atoms with Crippen molar-refractivity contribution in [3.8, 4) is 17.6 Å². The molecule has 0 bridgehead atoms. The summed E-state index contributed by atoms with van der Waals surface area (Å²) in [4.78, 5) is 53.0. The third kappa shape index (κ3) is 9.89. The number of carbonyl (C=O) groups is 3. The number of nitrogens with zero attached hydrogens (tertiary/aromatic N) is 6. The van der Waals surface area contributed by atoms with Gasteiger partial charge < -0.3 is 28.0 Å². The average molecular weight is 854 g/mol. The second kappa shape index (κ2) is 20.0. The zero-order valence-electron chi connectivity index (χ0n) is 35.6. The van der Waals surface area contributed by atoms with E-state index in [1.54, 1.807) is 28.1 Å². The molecule has 1 N–H and O–H groups in total. The van der Waals surface area contributed by atoms with E-state index in [0.717, 1.165) is 16.7 Å². The normalized spacial score (nSPS) is 19.5. The second-order valence-corrected chi connectivity index (χ2v) is 16.7. The number of nitrogens with one attached hydrogen (secondary N) is 1. The molecule has 3 aromatic carbocycles. The quantitative estimate of drug-likeness (QED) is 0.0813. The van der Waals surface area contributed by atoms with Crippen molar-refractivity contribution in [2.45, 2.75) is 90.5 Å². The lowest BCUT2D eigenvalue weighted by atomic mass is 9.80. The summed E-state index contributed by atoms with van der Waals surface area (Å²) in [7, 11) is 1.43. The van der Waals surface area contributed by atoms with Crippen LogP contribution in [-0.4, -0.2) is 103 Å². The van der Waals surface area contributed by atoms with Crippen molar-refractivity contribution in [1.82, 2.24) is 14.9 Å². The largest absolute Gasteiger partial charge is 0.497 e. The molecule has 4 amide bonds. The molecule has 17 heteroatoms. The van der Waals surface area contributed by atoms with E-state index in [0.29, 0.717) is 11.5 Å². The molecule has 6 rings (SSSR count). The summed E-state index contributed by atoms with van der Waals surface area (Å²) >= 11 is 0. The van der Waals surface area contributed by atoms with E-state index in [1.165, 1.54) is 4.90 Å². The lowest BCUT2D eigenvalue weighted by Crippen LogP contribution is -2.47. The van der Waals surface area contributed by atoms with Crippen molar-refractivity contribution in [2.24, 2.45) is 20.9 Å². The summed E-state index contributed by atoms with van der Waals surface area (Å²) in [5.74, 6) is -0.675. The Morgan fingerprint density at radius 1 is 0.902 bits per heavy atom. The Bertz CT molecular complexity index is 2120. The molecule has 3 aromatic rings. The maximum Gasteiger partial charge on any atom is 0.352 e. The molecule has 0 radical (unpaired) electrons. The summed E-state index contributed by atoms with van der Waals surface area (Å²) in [6.45, 7) is 11.6. The van der Waals surface area contributed by atoms with Crippen LogP contribution in [0.25, 0.3) is 0 Å². The predicted molar refractivity (Wildman–Crippen MR) is 229 cm³/mol. The summed E-state index contributed by atoms with van der Waals surface area (Å²) in [5, 5.41) is 11.9. The first-order valence-electron chi connectivity index (χ1n) is 20.1. The minimum Gasteiger partial charge on any atom is -0.497 e. The molecule has 0 spiro atoms. The highest BCUT2D eigenvalue weighted by Crippen LogP contribution is 2.50. The predicted octanol–water partition coefficient (Wildman–Crippen LogP) is 6.73. The zero-order valence-corrected chi connectivity index (χ0v) is 36.5. The Balaban J connectivity index is 1.43. The van der Waals surface area contributed by atoms with Gasteiger partial charge in [-0.2, -0.15) is 20.2 Å². The number of rotatable bonds is 18. The zero-order chi connectivity index (χ0) is 43.8. The van der Waals surface area contributed by atoms with Gasteiger partial charge in [-0.15, -0.1) is 0 Å². The van der Waals surface area contributed by atoms with E-state index in [9.17, 15) is 19.6 Å². The Morgan fingerprint density at radius 2 is 1.49 bits per heavy atom. The van der Waals surface area contributed by atoms with Gasteiger partial charge in [0.15, 0.2) is 11.5 Å². The number of methoxy groups -OCH3 is 2. The minimum absolute atomic E-state index is 0.00521. The van der Waals surface area contributed by atoms with Crippen LogP contribution in [0.5, 0.6) is 11.5 Å². The van der Waals surface area contributed by atoms with Crippen LogP contribution in [0.4, 0.5) is 4.79 Å². The van der Waals surface area contributed by atoms with Crippen molar-refractivity contribution in [2.75, 3.05) is 27.4 Å². The molecule has 0 aliphatic carbocycles. The first-order chi connectivity index (χ1) is 29.3. The van der Waals surface area contributed by atoms with E-state index < -0.39 is 56.3 Å². The number of hydrogen-bond acceptors (Lipinski definition) is 12. The lowest BCUT2D eigenvalue weighted by molar-refractivity contribution is -0.122. The smallest absolute Gasteiger partial charge is 0.352 e. The molecule has 0 aromatic heterocycles. The third-order valence-corrected chi connectivity index (χ3v) is 12.4. The highest BCUT2D eigenvalue weighted by Gasteiger charge is 2.50. The van der Waals surface area contributed by atoms with Crippen LogP contribution in [0.2, 0.25) is 0 Å². The molecule has 3 heterocycles. The van der Waals surface area contributed by atoms with Crippen LogP contribution in [0.15, 0.2) is 93.8 Å². The number of hydrogen-bond donors (Lipinski definition) is 1. The van der Waals surface area contributed by atoms with Gasteiger partial charge in [0.2, 0.25) is 11.9 Å². The topological polar surface area (TPSA) is 186 Å². The molecule has 4 atom stereocenters. The monoisotopic (exact) mass is 853 g/mol.